The standard InChI is InChI=1S/C6H10S2/c1-2-3-6-7-4-5-8-6/h2,6H,1,3-5H2. The number of rotatable bonds is 2. The van der Waals surface area contributed by atoms with Gasteiger partial charge in [0, 0.05) is 11.5 Å². The van der Waals surface area contributed by atoms with Gasteiger partial charge in [-0.05, 0) is 6.42 Å². The molecule has 0 saturated carbocycles. The van der Waals surface area contributed by atoms with Crippen molar-refractivity contribution in [1.82, 2.24) is 0 Å². The molecule has 0 bridgehead atoms. The van der Waals surface area contributed by atoms with Crippen molar-refractivity contribution >= 4 is 23.5 Å². The van der Waals surface area contributed by atoms with E-state index in [9.17, 15) is 0 Å². The fourth-order valence-electron chi connectivity index (χ4n) is 0.679. The minimum absolute atomic E-state index is 0.826. The maximum Gasteiger partial charge on any atom is 0.0537 e. The van der Waals surface area contributed by atoms with E-state index >= 15 is 0 Å². The fourth-order valence-corrected chi connectivity index (χ4v) is 3.48. The van der Waals surface area contributed by atoms with Crippen LogP contribution in [0, 0.1) is 0 Å². The molecule has 1 heterocycles. The molecule has 0 spiro atoms. The zero-order valence-corrected chi connectivity index (χ0v) is 6.43. The monoisotopic (exact) mass is 146 g/mol. The zero-order chi connectivity index (χ0) is 5.82. The van der Waals surface area contributed by atoms with Crippen LogP contribution in [0.3, 0.4) is 0 Å². The lowest BCUT2D eigenvalue weighted by atomic mass is 10.5. The van der Waals surface area contributed by atoms with Crippen molar-refractivity contribution in [3.63, 3.8) is 0 Å². The van der Waals surface area contributed by atoms with Crippen LogP contribution in [-0.2, 0) is 0 Å². The molecule has 0 aromatic carbocycles. The highest BCUT2D eigenvalue weighted by Gasteiger charge is 2.13. The SMILES string of the molecule is C=CCC1SCCS1. The zero-order valence-electron chi connectivity index (χ0n) is 4.80. The number of thioether (sulfide) groups is 2. The van der Waals surface area contributed by atoms with E-state index in [1.807, 2.05) is 6.08 Å². The van der Waals surface area contributed by atoms with E-state index in [0.29, 0.717) is 0 Å². The van der Waals surface area contributed by atoms with Crippen LogP contribution in [0.2, 0.25) is 0 Å². The van der Waals surface area contributed by atoms with E-state index in [1.54, 1.807) is 0 Å². The van der Waals surface area contributed by atoms with Gasteiger partial charge in [-0.1, -0.05) is 6.08 Å². The van der Waals surface area contributed by atoms with E-state index in [1.165, 1.54) is 17.9 Å². The van der Waals surface area contributed by atoms with Crippen LogP contribution in [0.4, 0.5) is 0 Å². The highest BCUT2D eigenvalue weighted by Crippen LogP contribution is 2.33. The molecule has 0 nitrogen and oxygen atoms in total. The third kappa shape index (κ3) is 1.75. The molecule has 1 aliphatic heterocycles. The smallest absolute Gasteiger partial charge is 0.0537 e. The van der Waals surface area contributed by atoms with Gasteiger partial charge in [0.25, 0.3) is 0 Å². The third-order valence-corrected chi connectivity index (χ3v) is 4.13. The Hall–Kier alpha value is 0.440. The Bertz CT molecular complexity index is 74.6. The molecule has 46 valence electrons. The Kier molecular flexibility index (Phi) is 2.84. The van der Waals surface area contributed by atoms with E-state index in [-0.39, 0.29) is 0 Å². The lowest BCUT2D eigenvalue weighted by molar-refractivity contribution is 1.20. The molecule has 1 saturated heterocycles. The third-order valence-electron chi connectivity index (χ3n) is 1.05. The van der Waals surface area contributed by atoms with Crippen LogP contribution < -0.4 is 0 Å². The molecule has 2 heteroatoms. The topological polar surface area (TPSA) is 0 Å². The highest BCUT2D eigenvalue weighted by molar-refractivity contribution is 8.20. The molecule has 0 aromatic rings. The lowest BCUT2D eigenvalue weighted by Gasteiger charge is -1.99. The summed E-state index contributed by atoms with van der Waals surface area (Å²) < 4.78 is 0.826. The van der Waals surface area contributed by atoms with Gasteiger partial charge in [-0.3, -0.25) is 0 Å². The van der Waals surface area contributed by atoms with Crippen molar-refractivity contribution in [3.8, 4) is 0 Å². The summed E-state index contributed by atoms with van der Waals surface area (Å²) in [6.45, 7) is 3.70. The Morgan fingerprint density at radius 2 is 2.12 bits per heavy atom. The van der Waals surface area contributed by atoms with Crippen LogP contribution in [0.15, 0.2) is 12.7 Å². The minimum Gasteiger partial charge on any atom is -0.146 e. The van der Waals surface area contributed by atoms with Crippen molar-refractivity contribution in [2.24, 2.45) is 0 Å². The second-order valence-electron chi connectivity index (χ2n) is 1.70. The van der Waals surface area contributed by atoms with Crippen molar-refractivity contribution in [2.45, 2.75) is 11.0 Å². The first-order valence-corrected chi connectivity index (χ1v) is 4.87. The first-order chi connectivity index (χ1) is 3.93. The van der Waals surface area contributed by atoms with Crippen molar-refractivity contribution in [2.75, 3.05) is 11.5 Å². The Balaban J connectivity index is 2.14. The molecule has 1 aliphatic rings. The molecular weight excluding hydrogens is 136 g/mol. The second kappa shape index (κ2) is 3.46. The van der Waals surface area contributed by atoms with Gasteiger partial charge >= 0.3 is 0 Å². The van der Waals surface area contributed by atoms with Gasteiger partial charge in [0.2, 0.25) is 0 Å². The van der Waals surface area contributed by atoms with Crippen LogP contribution in [0.5, 0.6) is 0 Å². The first-order valence-electron chi connectivity index (χ1n) is 2.77. The molecule has 0 N–H and O–H groups in total. The van der Waals surface area contributed by atoms with Gasteiger partial charge in [0.05, 0.1) is 4.58 Å². The Labute approximate surface area is 59.1 Å². The highest BCUT2D eigenvalue weighted by atomic mass is 32.2. The molecule has 0 aliphatic carbocycles. The predicted octanol–water partition coefficient (Wildman–Crippen LogP) is 2.37. The predicted molar refractivity (Wildman–Crippen MR) is 43.5 cm³/mol. The van der Waals surface area contributed by atoms with Crippen LogP contribution in [0.25, 0.3) is 0 Å². The quantitative estimate of drug-likeness (QED) is 0.549. The summed E-state index contributed by atoms with van der Waals surface area (Å²) in [5, 5.41) is 0. The van der Waals surface area contributed by atoms with Gasteiger partial charge in [-0.2, -0.15) is 0 Å². The lowest BCUT2D eigenvalue weighted by Crippen LogP contribution is -1.85. The average Bonchev–Trinajstić information content (AvgIpc) is 2.19. The van der Waals surface area contributed by atoms with Crippen LogP contribution in [0.1, 0.15) is 6.42 Å². The van der Waals surface area contributed by atoms with E-state index in [4.69, 9.17) is 0 Å². The number of allylic oxidation sites excluding steroid dienone is 1. The van der Waals surface area contributed by atoms with Gasteiger partial charge in [0.1, 0.15) is 0 Å². The minimum atomic E-state index is 0.826. The van der Waals surface area contributed by atoms with Crippen LogP contribution >= 0.6 is 23.5 Å². The Morgan fingerprint density at radius 3 is 2.62 bits per heavy atom. The molecule has 0 atom stereocenters. The summed E-state index contributed by atoms with van der Waals surface area (Å²) in [4.78, 5) is 0. The largest absolute Gasteiger partial charge is 0.146 e. The maximum atomic E-state index is 3.70. The summed E-state index contributed by atoms with van der Waals surface area (Å²) >= 11 is 4.12. The fraction of sp³-hybridized carbons (Fsp3) is 0.667. The van der Waals surface area contributed by atoms with Crippen molar-refractivity contribution in [1.29, 1.82) is 0 Å². The molecule has 0 unspecified atom stereocenters. The van der Waals surface area contributed by atoms with E-state index in [2.05, 4.69) is 30.1 Å². The van der Waals surface area contributed by atoms with Gasteiger partial charge in [-0.15, -0.1) is 30.1 Å². The molecule has 0 amide bonds. The molecule has 1 fully saturated rings. The van der Waals surface area contributed by atoms with Gasteiger partial charge in [0.15, 0.2) is 0 Å². The summed E-state index contributed by atoms with van der Waals surface area (Å²) in [5.41, 5.74) is 0. The van der Waals surface area contributed by atoms with E-state index in [0.717, 1.165) is 4.58 Å². The summed E-state index contributed by atoms with van der Waals surface area (Å²) in [6, 6.07) is 0. The van der Waals surface area contributed by atoms with Crippen molar-refractivity contribution in [3.05, 3.63) is 12.7 Å². The average molecular weight is 146 g/mol. The molecule has 0 aromatic heterocycles. The van der Waals surface area contributed by atoms with Crippen LogP contribution in [-0.4, -0.2) is 16.1 Å². The first kappa shape index (κ1) is 6.56. The normalized spacial score (nSPS) is 21.5. The maximum absolute atomic E-state index is 3.70. The number of hydrogen-bond donors (Lipinski definition) is 0. The summed E-state index contributed by atoms with van der Waals surface area (Å²) in [7, 11) is 0. The molecule has 8 heavy (non-hydrogen) atoms. The summed E-state index contributed by atoms with van der Waals surface area (Å²) in [5.74, 6) is 2.67. The summed E-state index contributed by atoms with van der Waals surface area (Å²) in [6.07, 6.45) is 3.19. The Morgan fingerprint density at radius 1 is 1.50 bits per heavy atom. The van der Waals surface area contributed by atoms with E-state index < -0.39 is 0 Å². The van der Waals surface area contributed by atoms with Gasteiger partial charge in [-0.25, -0.2) is 0 Å². The molecule has 1 rings (SSSR count). The molecule has 0 radical (unpaired) electrons. The second-order valence-corrected chi connectivity index (χ2v) is 4.62. The molecular formula is C6H10S2. The van der Waals surface area contributed by atoms with Gasteiger partial charge < -0.3 is 0 Å². The van der Waals surface area contributed by atoms with Crippen molar-refractivity contribution < 1.29 is 0 Å². The number of hydrogen-bond acceptors (Lipinski definition) is 2.